The molecule has 0 bridgehead atoms. The SMILES string of the molecule is Cc1c(C(=O)NCCN2CCCCC2=O)oc2c(F)cccc12. The molecule has 0 unspecified atom stereocenters. The zero-order chi connectivity index (χ0) is 16.4. The average Bonchev–Trinajstić information content (AvgIpc) is 2.88. The Kier molecular flexibility index (Phi) is 4.32. The van der Waals surface area contributed by atoms with E-state index in [1.54, 1.807) is 24.0 Å². The van der Waals surface area contributed by atoms with Crippen LogP contribution in [0.5, 0.6) is 0 Å². The molecule has 1 fully saturated rings. The number of halogens is 1. The number of aryl methyl sites for hydroxylation is 1. The maximum Gasteiger partial charge on any atom is 0.287 e. The van der Waals surface area contributed by atoms with E-state index in [4.69, 9.17) is 4.42 Å². The van der Waals surface area contributed by atoms with Crippen molar-refractivity contribution in [3.63, 3.8) is 0 Å². The number of carbonyl (C=O) groups excluding carboxylic acids is 2. The number of piperidine rings is 1. The Morgan fingerprint density at radius 3 is 2.96 bits per heavy atom. The van der Waals surface area contributed by atoms with Gasteiger partial charge in [0.25, 0.3) is 5.91 Å². The highest BCUT2D eigenvalue weighted by Gasteiger charge is 2.21. The Morgan fingerprint density at radius 2 is 2.22 bits per heavy atom. The monoisotopic (exact) mass is 318 g/mol. The Bertz CT molecular complexity index is 754. The van der Waals surface area contributed by atoms with Crippen LogP contribution in [0.25, 0.3) is 11.0 Å². The Morgan fingerprint density at radius 1 is 1.39 bits per heavy atom. The minimum Gasteiger partial charge on any atom is -0.448 e. The van der Waals surface area contributed by atoms with Gasteiger partial charge in [-0.3, -0.25) is 9.59 Å². The number of fused-ring (bicyclic) bond motifs is 1. The number of carbonyl (C=O) groups is 2. The number of rotatable bonds is 4. The van der Waals surface area contributed by atoms with Gasteiger partial charge in [-0.15, -0.1) is 0 Å². The normalized spacial score (nSPS) is 15.2. The molecule has 1 aromatic carbocycles. The molecule has 6 heteroatoms. The van der Waals surface area contributed by atoms with E-state index in [9.17, 15) is 14.0 Å². The smallest absolute Gasteiger partial charge is 0.287 e. The van der Waals surface area contributed by atoms with Crippen molar-refractivity contribution < 1.29 is 18.4 Å². The van der Waals surface area contributed by atoms with Crippen LogP contribution in [0.3, 0.4) is 0 Å². The van der Waals surface area contributed by atoms with Gasteiger partial charge >= 0.3 is 0 Å². The molecule has 0 spiro atoms. The first kappa shape index (κ1) is 15.5. The number of para-hydroxylation sites is 1. The summed E-state index contributed by atoms with van der Waals surface area (Å²) in [5, 5.41) is 3.34. The van der Waals surface area contributed by atoms with E-state index in [0.717, 1.165) is 19.4 Å². The molecular formula is C17H19FN2O3. The van der Waals surface area contributed by atoms with Gasteiger partial charge in [0.05, 0.1) is 0 Å². The summed E-state index contributed by atoms with van der Waals surface area (Å²) in [5.41, 5.74) is 0.715. The molecule has 1 saturated heterocycles. The van der Waals surface area contributed by atoms with Gasteiger partial charge in [-0.05, 0) is 25.8 Å². The first-order chi connectivity index (χ1) is 11.1. The standard InChI is InChI=1S/C17H19FN2O3/c1-11-12-5-4-6-13(18)16(12)23-15(11)17(22)19-8-10-20-9-3-2-7-14(20)21/h4-6H,2-3,7-10H2,1H3,(H,19,22). The van der Waals surface area contributed by atoms with E-state index < -0.39 is 5.82 Å². The van der Waals surface area contributed by atoms with Gasteiger partial charge in [-0.2, -0.15) is 0 Å². The van der Waals surface area contributed by atoms with E-state index in [-0.39, 0.29) is 23.2 Å². The number of furan rings is 1. The van der Waals surface area contributed by atoms with Crippen LogP contribution < -0.4 is 5.32 Å². The highest BCUT2D eigenvalue weighted by Crippen LogP contribution is 2.27. The van der Waals surface area contributed by atoms with Crippen LogP contribution in [0, 0.1) is 12.7 Å². The number of likely N-dealkylation sites (tertiary alicyclic amines) is 1. The van der Waals surface area contributed by atoms with Crippen molar-refractivity contribution in [2.75, 3.05) is 19.6 Å². The van der Waals surface area contributed by atoms with Gasteiger partial charge in [0.15, 0.2) is 17.2 Å². The Balaban J connectivity index is 1.65. The predicted molar refractivity (Wildman–Crippen MR) is 83.7 cm³/mol. The van der Waals surface area contributed by atoms with Crippen molar-refractivity contribution in [1.29, 1.82) is 0 Å². The molecule has 1 aliphatic rings. The summed E-state index contributed by atoms with van der Waals surface area (Å²) in [7, 11) is 0. The molecule has 2 aromatic rings. The second-order valence-electron chi connectivity index (χ2n) is 5.77. The lowest BCUT2D eigenvalue weighted by Crippen LogP contribution is -2.41. The zero-order valence-electron chi connectivity index (χ0n) is 13.0. The van der Waals surface area contributed by atoms with Crippen molar-refractivity contribution in [2.24, 2.45) is 0 Å². The van der Waals surface area contributed by atoms with E-state index in [1.165, 1.54) is 6.07 Å². The van der Waals surface area contributed by atoms with Crippen molar-refractivity contribution in [1.82, 2.24) is 10.2 Å². The number of benzene rings is 1. The lowest BCUT2D eigenvalue weighted by Gasteiger charge is -2.26. The second kappa shape index (κ2) is 6.40. The predicted octanol–water partition coefficient (Wildman–Crippen LogP) is 2.62. The summed E-state index contributed by atoms with van der Waals surface area (Å²) >= 11 is 0. The zero-order valence-corrected chi connectivity index (χ0v) is 13.0. The van der Waals surface area contributed by atoms with Gasteiger partial charge in [-0.1, -0.05) is 12.1 Å². The molecule has 1 aliphatic heterocycles. The summed E-state index contributed by atoms with van der Waals surface area (Å²) in [6.07, 6.45) is 2.52. The van der Waals surface area contributed by atoms with Crippen molar-refractivity contribution in [3.8, 4) is 0 Å². The van der Waals surface area contributed by atoms with Crippen LogP contribution in [0.1, 0.15) is 35.4 Å². The largest absolute Gasteiger partial charge is 0.448 e. The molecule has 3 rings (SSSR count). The van der Waals surface area contributed by atoms with Gasteiger partial charge in [0, 0.05) is 37.0 Å². The fourth-order valence-corrected chi connectivity index (χ4v) is 2.91. The Labute approximate surface area is 133 Å². The lowest BCUT2D eigenvalue weighted by atomic mass is 10.1. The third-order valence-electron chi connectivity index (χ3n) is 4.21. The number of amides is 2. The second-order valence-corrected chi connectivity index (χ2v) is 5.77. The molecular weight excluding hydrogens is 299 g/mol. The molecule has 122 valence electrons. The number of nitrogens with one attached hydrogen (secondary N) is 1. The minimum absolute atomic E-state index is 0.0985. The summed E-state index contributed by atoms with van der Waals surface area (Å²) < 4.78 is 19.1. The highest BCUT2D eigenvalue weighted by atomic mass is 19.1. The first-order valence-electron chi connectivity index (χ1n) is 7.81. The summed E-state index contributed by atoms with van der Waals surface area (Å²) in [5.74, 6) is -0.617. The number of hydrogen-bond acceptors (Lipinski definition) is 3. The topological polar surface area (TPSA) is 62.6 Å². The van der Waals surface area contributed by atoms with E-state index >= 15 is 0 Å². The van der Waals surface area contributed by atoms with E-state index in [1.807, 2.05) is 0 Å². The summed E-state index contributed by atoms with van der Waals surface area (Å²) in [6, 6.07) is 4.61. The maximum atomic E-state index is 13.7. The van der Waals surface area contributed by atoms with Crippen LogP contribution >= 0.6 is 0 Å². The molecule has 2 heterocycles. The summed E-state index contributed by atoms with van der Waals surface area (Å²) in [6.45, 7) is 3.31. The fourth-order valence-electron chi connectivity index (χ4n) is 2.91. The number of nitrogens with zero attached hydrogens (tertiary/aromatic N) is 1. The van der Waals surface area contributed by atoms with Crippen molar-refractivity contribution in [2.45, 2.75) is 26.2 Å². The molecule has 0 atom stereocenters. The maximum absolute atomic E-state index is 13.7. The third kappa shape index (κ3) is 3.06. The van der Waals surface area contributed by atoms with Crippen LogP contribution in [-0.2, 0) is 4.79 Å². The molecule has 5 nitrogen and oxygen atoms in total. The van der Waals surface area contributed by atoms with E-state index in [2.05, 4.69) is 5.32 Å². The molecule has 0 aliphatic carbocycles. The molecule has 0 radical (unpaired) electrons. The van der Waals surface area contributed by atoms with Crippen molar-refractivity contribution >= 4 is 22.8 Å². The highest BCUT2D eigenvalue weighted by molar-refractivity contribution is 5.99. The third-order valence-corrected chi connectivity index (χ3v) is 4.21. The lowest BCUT2D eigenvalue weighted by molar-refractivity contribution is -0.133. The molecule has 2 amide bonds. The van der Waals surface area contributed by atoms with Crippen LogP contribution in [0.2, 0.25) is 0 Å². The quantitative estimate of drug-likeness (QED) is 0.942. The van der Waals surface area contributed by atoms with Gasteiger partial charge in [0.1, 0.15) is 0 Å². The van der Waals surface area contributed by atoms with Gasteiger partial charge in [0.2, 0.25) is 5.91 Å². The van der Waals surface area contributed by atoms with Crippen molar-refractivity contribution in [3.05, 3.63) is 35.3 Å². The van der Waals surface area contributed by atoms with Gasteiger partial charge < -0.3 is 14.6 Å². The summed E-state index contributed by atoms with van der Waals surface area (Å²) in [4.78, 5) is 25.7. The van der Waals surface area contributed by atoms with E-state index in [0.29, 0.717) is 30.5 Å². The Hall–Kier alpha value is -2.37. The fraction of sp³-hybridized carbons (Fsp3) is 0.412. The number of hydrogen-bond donors (Lipinski definition) is 1. The molecule has 1 N–H and O–H groups in total. The molecule has 23 heavy (non-hydrogen) atoms. The van der Waals surface area contributed by atoms with Crippen LogP contribution in [0.15, 0.2) is 22.6 Å². The van der Waals surface area contributed by atoms with Crippen LogP contribution in [-0.4, -0.2) is 36.3 Å². The minimum atomic E-state index is -0.483. The molecule has 1 aromatic heterocycles. The van der Waals surface area contributed by atoms with Crippen LogP contribution in [0.4, 0.5) is 4.39 Å². The first-order valence-corrected chi connectivity index (χ1v) is 7.81. The van der Waals surface area contributed by atoms with Gasteiger partial charge in [-0.25, -0.2) is 4.39 Å². The molecule has 0 saturated carbocycles. The average molecular weight is 318 g/mol.